The van der Waals surface area contributed by atoms with Gasteiger partial charge in [-0.25, -0.2) is 9.37 Å². The Hall–Kier alpha value is -3.13. The summed E-state index contributed by atoms with van der Waals surface area (Å²) in [5.74, 6) is 1.43. The number of thioether (sulfide) groups is 1. The number of benzene rings is 2. The molecule has 2 aromatic carbocycles. The van der Waals surface area contributed by atoms with Crippen LogP contribution in [0.3, 0.4) is 0 Å². The van der Waals surface area contributed by atoms with Crippen LogP contribution in [0.15, 0.2) is 58.5 Å². The van der Waals surface area contributed by atoms with E-state index in [2.05, 4.69) is 20.2 Å². The van der Waals surface area contributed by atoms with Gasteiger partial charge in [0.15, 0.2) is 11.3 Å². The van der Waals surface area contributed by atoms with Gasteiger partial charge < -0.3 is 9.72 Å². The van der Waals surface area contributed by atoms with E-state index in [4.69, 9.17) is 4.74 Å². The maximum atomic E-state index is 13.3. The summed E-state index contributed by atoms with van der Waals surface area (Å²) in [6.07, 6.45) is 0. The summed E-state index contributed by atoms with van der Waals surface area (Å²) in [4.78, 5) is 19.8. The highest BCUT2D eigenvalue weighted by Crippen LogP contribution is 2.24. The summed E-state index contributed by atoms with van der Waals surface area (Å²) in [6, 6.07) is 13.1. The van der Waals surface area contributed by atoms with E-state index in [1.165, 1.54) is 30.0 Å². The Labute approximate surface area is 157 Å². The third-order valence-electron chi connectivity index (χ3n) is 4.01. The van der Waals surface area contributed by atoms with Crippen molar-refractivity contribution < 1.29 is 9.13 Å². The number of aromatic nitrogens is 4. The van der Waals surface area contributed by atoms with Crippen molar-refractivity contribution in [2.75, 3.05) is 7.11 Å². The van der Waals surface area contributed by atoms with Crippen LogP contribution in [0.5, 0.6) is 5.75 Å². The molecule has 0 bridgehead atoms. The van der Waals surface area contributed by atoms with Gasteiger partial charge in [-0.1, -0.05) is 23.9 Å². The summed E-state index contributed by atoms with van der Waals surface area (Å²) in [7, 11) is 1.61. The molecule has 2 heterocycles. The minimum Gasteiger partial charge on any atom is -0.497 e. The normalized spacial score (nSPS) is 11.0. The molecule has 0 amide bonds. The van der Waals surface area contributed by atoms with Crippen LogP contribution in [0.4, 0.5) is 4.39 Å². The lowest BCUT2D eigenvalue weighted by molar-refractivity contribution is 0.415. The number of halogens is 1. The Bertz CT molecular complexity index is 1170. The van der Waals surface area contributed by atoms with Gasteiger partial charge in [-0.2, -0.15) is 0 Å². The molecule has 4 rings (SSSR count). The molecular formula is C19H15FN4O2S. The molecule has 0 saturated heterocycles. The lowest BCUT2D eigenvalue weighted by atomic mass is 10.2. The molecule has 0 saturated carbocycles. The molecule has 27 heavy (non-hydrogen) atoms. The number of pyridine rings is 1. The number of hydrogen-bond donors (Lipinski definition) is 2. The molecule has 0 fully saturated rings. The molecule has 0 atom stereocenters. The molecule has 0 spiro atoms. The molecule has 4 aromatic rings. The third kappa shape index (κ3) is 3.70. The number of rotatable bonds is 5. The SMILES string of the molecule is COc1cccc(-c2nc(SCc3cc(=O)c4cc(F)ccc4[nH]3)n[nH]2)c1. The first kappa shape index (κ1) is 17.3. The van der Waals surface area contributed by atoms with Gasteiger partial charge in [-0.3, -0.25) is 9.89 Å². The average Bonchev–Trinajstić information content (AvgIpc) is 3.16. The highest BCUT2D eigenvalue weighted by atomic mass is 32.2. The molecule has 6 nitrogen and oxygen atoms in total. The lowest BCUT2D eigenvalue weighted by Crippen LogP contribution is -2.04. The number of ether oxygens (including phenoxy) is 1. The van der Waals surface area contributed by atoms with Crippen LogP contribution in [0.2, 0.25) is 0 Å². The van der Waals surface area contributed by atoms with Crippen molar-refractivity contribution in [1.29, 1.82) is 0 Å². The first-order chi connectivity index (χ1) is 13.1. The number of aromatic amines is 2. The average molecular weight is 382 g/mol. The molecule has 0 aliphatic heterocycles. The molecule has 136 valence electrons. The van der Waals surface area contributed by atoms with Crippen molar-refractivity contribution in [3.05, 3.63) is 70.3 Å². The van der Waals surface area contributed by atoms with Crippen LogP contribution >= 0.6 is 11.8 Å². The van der Waals surface area contributed by atoms with Gasteiger partial charge in [0.25, 0.3) is 0 Å². The van der Waals surface area contributed by atoms with Gasteiger partial charge in [0.2, 0.25) is 5.16 Å². The van der Waals surface area contributed by atoms with E-state index in [-0.39, 0.29) is 5.43 Å². The Morgan fingerprint density at radius 2 is 2.07 bits per heavy atom. The number of H-pyrrole nitrogens is 2. The Morgan fingerprint density at radius 3 is 2.93 bits per heavy atom. The molecule has 0 aliphatic rings. The maximum absolute atomic E-state index is 13.3. The minimum absolute atomic E-state index is 0.217. The first-order valence-corrected chi connectivity index (χ1v) is 9.12. The number of fused-ring (bicyclic) bond motifs is 1. The molecule has 8 heteroatoms. The second-order valence-corrected chi connectivity index (χ2v) is 6.78. The van der Waals surface area contributed by atoms with E-state index >= 15 is 0 Å². The van der Waals surface area contributed by atoms with Crippen LogP contribution in [0.1, 0.15) is 5.69 Å². The second-order valence-electron chi connectivity index (χ2n) is 5.84. The van der Waals surface area contributed by atoms with Crippen LogP contribution < -0.4 is 10.2 Å². The van der Waals surface area contributed by atoms with Gasteiger partial charge in [-0.05, 0) is 30.3 Å². The van der Waals surface area contributed by atoms with Crippen molar-refractivity contribution in [2.45, 2.75) is 10.9 Å². The predicted molar refractivity (Wildman–Crippen MR) is 102 cm³/mol. The molecule has 0 radical (unpaired) electrons. The summed E-state index contributed by atoms with van der Waals surface area (Å²) >= 11 is 1.39. The fourth-order valence-corrected chi connectivity index (χ4v) is 3.41. The van der Waals surface area contributed by atoms with E-state index in [1.54, 1.807) is 13.2 Å². The van der Waals surface area contributed by atoms with Gasteiger partial charge >= 0.3 is 0 Å². The fourth-order valence-electron chi connectivity index (χ4n) is 2.70. The number of nitrogens with zero attached hydrogens (tertiary/aromatic N) is 2. The smallest absolute Gasteiger partial charge is 0.209 e. The van der Waals surface area contributed by atoms with E-state index in [1.807, 2.05) is 24.3 Å². The largest absolute Gasteiger partial charge is 0.497 e. The second kappa shape index (κ2) is 7.24. The number of hydrogen-bond acceptors (Lipinski definition) is 5. The van der Waals surface area contributed by atoms with Crippen LogP contribution in [-0.2, 0) is 5.75 Å². The predicted octanol–water partition coefficient (Wildman–Crippen LogP) is 3.75. The highest BCUT2D eigenvalue weighted by Gasteiger charge is 2.09. The van der Waals surface area contributed by atoms with Gasteiger partial charge in [0.1, 0.15) is 11.6 Å². The summed E-state index contributed by atoms with van der Waals surface area (Å²) < 4.78 is 18.5. The van der Waals surface area contributed by atoms with Crippen molar-refractivity contribution in [1.82, 2.24) is 20.2 Å². The van der Waals surface area contributed by atoms with Crippen LogP contribution in [-0.4, -0.2) is 27.3 Å². The number of methoxy groups -OCH3 is 1. The summed E-state index contributed by atoms with van der Waals surface area (Å²) in [5, 5.41) is 8.01. The van der Waals surface area contributed by atoms with Crippen molar-refractivity contribution >= 4 is 22.7 Å². The van der Waals surface area contributed by atoms with Crippen molar-refractivity contribution in [3.63, 3.8) is 0 Å². The molecule has 0 aliphatic carbocycles. The van der Waals surface area contributed by atoms with Gasteiger partial charge in [0, 0.05) is 34.0 Å². The third-order valence-corrected chi connectivity index (χ3v) is 4.91. The fraction of sp³-hybridized carbons (Fsp3) is 0.105. The van der Waals surface area contributed by atoms with Crippen molar-refractivity contribution in [3.8, 4) is 17.1 Å². The van der Waals surface area contributed by atoms with E-state index < -0.39 is 5.82 Å². The molecule has 2 aromatic heterocycles. The lowest BCUT2D eigenvalue weighted by Gasteiger charge is -2.03. The standard InChI is InChI=1S/C19H15FN4O2S/c1-26-14-4-2-3-11(7-14)18-22-19(24-23-18)27-10-13-9-17(25)15-8-12(20)5-6-16(15)21-13/h2-9H,10H2,1H3,(H,21,25)(H,22,23,24). The minimum atomic E-state index is -0.430. The molecular weight excluding hydrogens is 367 g/mol. The monoisotopic (exact) mass is 382 g/mol. The quantitative estimate of drug-likeness (QED) is 0.514. The van der Waals surface area contributed by atoms with Crippen LogP contribution in [0, 0.1) is 5.82 Å². The zero-order valence-electron chi connectivity index (χ0n) is 14.3. The zero-order valence-corrected chi connectivity index (χ0v) is 15.1. The Morgan fingerprint density at radius 1 is 1.19 bits per heavy atom. The van der Waals surface area contributed by atoms with E-state index in [0.717, 1.165) is 17.0 Å². The van der Waals surface area contributed by atoms with Gasteiger partial charge in [-0.15, -0.1) is 5.10 Å². The van der Waals surface area contributed by atoms with E-state index in [0.29, 0.717) is 27.6 Å². The Kier molecular flexibility index (Phi) is 4.64. The summed E-state index contributed by atoms with van der Waals surface area (Å²) in [5.41, 5.74) is 1.98. The maximum Gasteiger partial charge on any atom is 0.209 e. The van der Waals surface area contributed by atoms with E-state index in [9.17, 15) is 9.18 Å². The summed E-state index contributed by atoms with van der Waals surface area (Å²) in [6.45, 7) is 0. The zero-order chi connectivity index (χ0) is 18.8. The molecule has 0 unspecified atom stereocenters. The topological polar surface area (TPSA) is 83.7 Å². The highest BCUT2D eigenvalue weighted by molar-refractivity contribution is 7.98. The van der Waals surface area contributed by atoms with Crippen molar-refractivity contribution in [2.24, 2.45) is 0 Å². The Balaban J connectivity index is 1.52. The van der Waals surface area contributed by atoms with Crippen LogP contribution in [0.25, 0.3) is 22.3 Å². The van der Waals surface area contributed by atoms with Gasteiger partial charge in [0.05, 0.1) is 7.11 Å². The first-order valence-electron chi connectivity index (χ1n) is 8.13. The molecule has 2 N–H and O–H groups in total. The number of nitrogens with one attached hydrogen (secondary N) is 2.